The summed E-state index contributed by atoms with van der Waals surface area (Å²) in [4.78, 5) is 2.32. The first-order valence-corrected chi connectivity index (χ1v) is 8.57. The summed E-state index contributed by atoms with van der Waals surface area (Å²) < 4.78 is 2.34. The number of allylic oxidation sites excluding steroid dienone is 2. The van der Waals surface area contributed by atoms with Gasteiger partial charge in [-0.15, -0.1) is 0 Å². The van der Waals surface area contributed by atoms with E-state index in [4.69, 9.17) is 0 Å². The maximum Gasteiger partial charge on any atom is 0.228 e. The van der Waals surface area contributed by atoms with E-state index in [1.807, 2.05) is 0 Å². The Kier molecular flexibility index (Phi) is 4.61. The van der Waals surface area contributed by atoms with E-state index in [0.29, 0.717) is 0 Å². The molecule has 2 aromatic rings. The Balaban J connectivity index is 0.00000182. The minimum atomic E-state index is 0. The van der Waals surface area contributed by atoms with Crippen LogP contribution in [-0.4, -0.2) is 30.9 Å². The summed E-state index contributed by atoms with van der Waals surface area (Å²) in [5.74, 6) is 0. The van der Waals surface area contributed by atoms with Gasteiger partial charge in [-0.1, -0.05) is 44.2 Å². The molecule has 3 nitrogen and oxygen atoms in total. The molecule has 0 fully saturated rings. The van der Waals surface area contributed by atoms with E-state index in [1.165, 1.54) is 28.3 Å². The molecule has 0 saturated heterocycles. The van der Waals surface area contributed by atoms with Crippen LogP contribution in [0.5, 0.6) is 0 Å². The number of hydrogen-bond donors (Lipinski definition) is 1. The van der Waals surface area contributed by atoms with Crippen molar-refractivity contribution in [3.05, 3.63) is 65.9 Å². The predicted molar refractivity (Wildman–Crippen MR) is 102 cm³/mol. The molecular formula is C21H24ClN3. The largest absolute Gasteiger partial charge is 1.00 e. The third-order valence-electron chi connectivity index (χ3n) is 5.23. The molecule has 4 heteroatoms. The fraction of sp³-hybridized carbons (Fsp3) is 0.286. The van der Waals surface area contributed by atoms with E-state index >= 15 is 0 Å². The molecule has 0 aliphatic carbocycles. The van der Waals surface area contributed by atoms with Crippen LogP contribution in [-0.2, 0) is 5.41 Å². The van der Waals surface area contributed by atoms with E-state index in [-0.39, 0.29) is 17.8 Å². The Hall–Kier alpha value is -2.26. The predicted octanol–water partition coefficient (Wildman–Crippen LogP) is 1.14. The van der Waals surface area contributed by atoms with Crippen molar-refractivity contribution in [1.82, 2.24) is 0 Å². The summed E-state index contributed by atoms with van der Waals surface area (Å²) >= 11 is 0. The molecular weight excluding hydrogens is 330 g/mol. The van der Waals surface area contributed by atoms with E-state index in [2.05, 4.69) is 96.5 Å². The van der Waals surface area contributed by atoms with Gasteiger partial charge in [-0.05, 0) is 17.7 Å². The number of fused-ring (bicyclic) bond motifs is 2. The Morgan fingerprint density at radius 1 is 1.08 bits per heavy atom. The zero-order chi connectivity index (χ0) is 16.7. The van der Waals surface area contributed by atoms with E-state index in [9.17, 15) is 0 Å². The molecule has 0 aromatic heterocycles. The molecule has 0 atom stereocenters. The quantitative estimate of drug-likeness (QED) is 0.775. The van der Waals surface area contributed by atoms with Crippen LogP contribution in [0.3, 0.4) is 0 Å². The Morgan fingerprint density at radius 3 is 2.60 bits per heavy atom. The summed E-state index contributed by atoms with van der Waals surface area (Å²) in [6.45, 7) is 6.56. The summed E-state index contributed by atoms with van der Waals surface area (Å²) in [6, 6.07) is 17.2. The van der Waals surface area contributed by atoms with Crippen LogP contribution in [0.2, 0.25) is 0 Å². The molecule has 1 N–H and O–H groups in total. The van der Waals surface area contributed by atoms with Gasteiger partial charge in [0.25, 0.3) is 0 Å². The second-order valence-corrected chi connectivity index (χ2v) is 7.04. The number of hydrogen-bond acceptors (Lipinski definition) is 2. The number of rotatable bonds is 1. The molecule has 130 valence electrons. The van der Waals surface area contributed by atoms with Crippen molar-refractivity contribution in [3.8, 4) is 0 Å². The smallest absolute Gasteiger partial charge is 0.228 e. The van der Waals surface area contributed by atoms with Gasteiger partial charge in [0.2, 0.25) is 5.69 Å². The highest BCUT2D eigenvalue weighted by Crippen LogP contribution is 2.46. The van der Waals surface area contributed by atoms with Gasteiger partial charge in [-0.2, -0.15) is 4.58 Å². The van der Waals surface area contributed by atoms with Crippen LogP contribution < -0.4 is 22.6 Å². The standard InChI is InChI=1S/C21H24N3.ClH/c1-21(2)16-8-4-6-10-18(16)23(3)20(21)12-14-24-15-13-22-17-9-5-7-11-19(17)24;/h4-12,14,22H,13,15H2,1-3H3;1H/q+1;/p-1. The van der Waals surface area contributed by atoms with Gasteiger partial charge in [0, 0.05) is 36.0 Å². The van der Waals surface area contributed by atoms with Crippen molar-refractivity contribution in [2.45, 2.75) is 19.3 Å². The fourth-order valence-electron chi connectivity index (χ4n) is 3.92. The highest BCUT2D eigenvalue weighted by Gasteiger charge is 2.38. The van der Waals surface area contributed by atoms with Crippen LogP contribution in [0.4, 0.5) is 17.1 Å². The van der Waals surface area contributed by atoms with E-state index in [0.717, 1.165) is 13.1 Å². The summed E-state index contributed by atoms with van der Waals surface area (Å²) in [5, 5.41) is 3.47. The van der Waals surface area contributed by atoms with Gasteiger partial charge in [-0.25, -0.2) is 0 Å². The van der Waals surface area contributed by atoms with Gasteiger partial charge in [0.05, 0.1) is 6.54 Å². The number of nitrogens with one attached hydrogen (secondary N) is 1. The number of anilines is 2. The van der Waals surface area contributed by atoms with Crippen molar-refractivity contribution in [2.75, 3.05) is 30.4 Å². The van der Waals surface area contributed by atoms with Crippen molar-refractivity contribution < 1.29 is 17.0 Å². The highest BCUT2D eigenvalue weighted by molar-refractivity contribution is 5.78. The molecule has 0 spiro atoms. The maximum atomic E-state index is 3.47. The van der Waals surface area contributed by atoms with Gasteiger partial charge in [-0.3, -0.25) is 0 Å². The average molecular weight is 354 g/mol. The zero-order valence-electron chi connectivity index (χ0n) is 15.0. The second kappa shape index (κ2) is 6.57. The zero-order valence-corrected chi connectivity index (χ0v) is 15.7. The van der Waals surface area contributed by atoms with Crippen LogP contribution in [0.1, 0.15) is 19.4 Å². The lowest BCUT2D eigenvalue weighted by molar-refractivity contribution is -0.433. The lowest BCUT2D eigenvalue weighted by Crippen LogP contribution is -3.00. The first kappa shape index (κ1) is 17.6. The topological polar surface area (TPSA) is 18.3 Å². The third kappa shape index (κ3) is 2.83. The number of para-hydroxylation sites is 3. The van der Waals surface area contributed by atoms with Crippen molar-refractivity contribution in [2.24, 2.45) is 0 Å². The first-order valence-electron chi connectivity index (χ1n) is 8.57. The minimum Gasteiger partial charge on any atom is -1.00 e. The molecule has 0 saturated carbocycles. The lowest BCUT2D eigenvalue weighted by Gasteiger charge is -2.23. The second-order valence-electron chi connectivity index (χ2n) is 7.04. The van der Waals surface area contributed by atoms with Crippen LogP contribution in [0, 0.1) is 0 Å². The average Bonchev–Trinajstić information content (AvgIpc) is 2.80. The van der Waals surface area contributed by atoms with Crippen molar-refractivity contribution >= 4 is 23.3 Å². The number of nitrogens with zero attached hydrogens (tertiary/aromatic N) is 2. The molecule has 2 aliphatic rings. The maximum absolute atomic E-state index is 3.47. The molecule has 25 heavy (non-hydrogen) atoms. The highest BCUT2D eigenvalue weighted by atomic mass is 35.5. The van der Waals surface area contributed by atoms with Crippen LogP contribution >= 0.6 is 0 Å². The summed E-state index contributed by atoms with van der Waals surface area (Å²) in [6.07, 6.45) is 4.52. The summed E-state index contributed by atoms with van der Waals surface area (Å²) in [7, 11) is 2.17. The number of likely N-dealkylation sites (N-methyl/N-ethyl adjacent to an activating group) is 1. The van der Waals surface area contributed by atoms with Gasteiger partial charge >= 0.3 is 0 Å². The molecule has 2 aliphatic heterocycles. The Labute approximate surface area is 156 Å². The van der Waals surface area contributed by atoms with Gasteiger partial charge in [0.15, 0.2) is 12.8 Å². The normalized spacial score (nSPS) is 20.7. The molecule has 0 bridgehead atoms. The van der Waals surface area contributed by atoms with Crippen molar-refractivity contribution in [3.63, 3.8) is 0 Å². The third-order valence-corrected chi connectivity index (χ3v) is 5.23. The Bertz CT molecular complexity index is 852. The lowest BCUT2D eigenvalue weighted by atomic mass is 9.84. The number of halogens is 1. The summed E-state index contributed by atoms with van der Waals surface area (Å²) in [5.41, 5.74) is 6.52. The Morgan fingerprint density at radius 2 is 1.80 bits per heavy atom. The molecule has 0 unspecified atom stereocenters. The molecule has 4 rings (SSSR count). The number of benzene rings is 2. The van der Waals surface area contributed by atoms with Crippen molar-refractivity contribution in [1.29, 1.82) is 0 Å². The minimum absolute atomic E-state index is 0. The van der Waals surface area contributed by atoms with Gasteiger partial charge < -0.3 is 22.6 Å². The van der Waals surface area contributed by atoms with Crippen LogP contribution in [0.25, 0.3) is 0 Å². The molecule has 2 heterocycles. The monoisotopic (exact) mass is 353 g/mol. The van der Waals surface area contributed by atoms with Gasteiger partial charge in [0.1, 0.15) is 5.69 Å². The van der Waals surface area contributed by atoms with E-state index < -0.39 is 0 Å². The van der Waals surface area contributed by atoms with E-state index in [1.54, 1.807) is 0 Å². The molecule has 0 amide bonds. The SMILES string of the molecule is CN1C(=CC=[N+]2CCNc3ccccc32)C(C)(C)c2ccccc21.[Cl-]. The fourth-order valence-corrected chi connectivity index (χ4v) is 3.92. The molecule has 2 aromatic carbocycles. The molecule has 0 radical (unpaired) electrons. The van der Waals surface area contributed by atoms with Crippen LogP contribution in [0.15, 0.2) is 60.3 Å². The first-order chi connectivity index (χ1) is 11.6.